The van der Waals surface area contributed by atoms with E-state index in [0.29, 0.717) is 0 Å². The Morgan fingerprint density at radius 2 is 1.69 bits per heavy atom. The predicted molar refractivity (Wildman–Crippen MR) is 107 cm³/mol. The van der Waals surface area contributed by atoms with Crippen molar-refractivity contribution in [3.05, 3.63) is 70.3 Å². The molecule has 0 radical (unpaired) electrons. The largest absolute Gasteiger partial charge is 0.333 e. The van der Waals surface area contributed by atoms with E-state index in [1.807, 2.05) is 24.3 Å². The highest BCUT2D eigenvalue weighted by Crippen LogP contribution is 2.27. The van der Waals surface area contributed by atoms with Crippen LogP contribution in [0, 0.1) is 6.92 Å². The smallest absolute Gasteiger partial charge is 0.293 e. The first-order valence-corrected chi connectivity index (χ1v) is 8.85. The Kier molecular flexibility index (Phi) is 3.55. The van der Waals surface area contributed by atoms with Crippen LogP contribution in [0.3, 0.4) is 0 Å². The molecule has 0 spiro atoms. The number of aryl methyl sites for hydroxylation is 2. The number of rotatable bonds is 1. The summed E-state index contributed by atoms with van der Waals surface area (Å²) in [6, 6.07) is 14.4. The van der Waals surface area contributed by atoms with E-state index < -0.39 is 0 Å². The number of benzene rings is 2. The van der Waals surface area contributed by atoms with Crippen molar-refractivity contribution >= 4 is 21.9 Å². The first-order chi connectivity index (χ1) is 12.3. The van der Waals surface area contributed by atoms with Gasteiger partial charge < -0.3 is 0 Å². The van der Waals surface area contributed by atoms with Crippen molar-refractivity contribution < 1.29 is 0 Å². The Labute approximate surface area is 152 Å². The highest BCUT2D eigenvalue weighted by atomic mass is 16.1. The van der Waals surface area contributed by atoms with Gasteiger partial charge in [0.2, 0.25) is 0 Å². The maximum absolute atomic E-state index is 13.0. The van der Waals surface area contributed by atoms with Gasteiger partial charge in [-0.3, -0.25) is 14.1 Å². The summed E-state index contributed by atoms with van der Waals surface area (Å²) in [7, 11) is 1.80. The number of hydrogen-bond donors (Lipinski definition) is 0. The standard InChI is InChI=1S/C22H23N3O/c1-14-6-11-18-17(12-14)20-19(13-23-18)24(5)21(26)25(20)16-9-7-15(8-10-16)22(2,3)4/h6-13H,1-5H3. The molecule has 0 atom stereocenters. The molecule has 4 rings (SSSR count). The number of hydrogen-bond acceptors (Lipinski definition) is 2. The number of aromatic nitrogens is 3. The third-order valence-electron chi connectivity index (χ3n) is 5.03. The van der Waals surface area contributed by atoms with Crippen LogP contribution in [0.1, 0.15) is 31.9 Å². The molecule has 2 aromatic carbocycles. The van der Waals surface area contributed by atoms with Crippen LogP contribution in [-0.2, 0) is 12.5 Å². The number of fused-ring (bicyclic) bond motifs is 3. The van der Waals surface area contributed by atoms with Crippen LogP contribution in [0.4, 0.5) is 0 Å². The minimum atomic E-state index is -0.0562. The summed E-state index contributed by atoms with van der Waals surface area (Å²) < 4.78 is 3.47. The predicted octanol–water partition coefficient (Wildman–Crippen LogP) is 4.48. The lowest BCUT2D eigenvalue weighted by Gasteiger charge is -2.19. The highest BCUT2D eigenvalue weighted by molar-refractivity contribution is 6.03. The van der Waals surface area contributed by atoms with Crippen molar-refractivity contribution in [2.75, 3.05) is 0 Å². The molecule has 0 aliphatic rings. The average molecular weight is 345 g/mol. The van der Waals surface area contributed by atoms with Crippen LogP contribution >= 0.6 is 0 Å². The van der Waals surface area contributed by atoms with Gasteiger partial charge in [-0.15, -0.1) is 0 Å². The molecule has 0 amide bonds. The van der Waals surface area contributed by atoms with E-state index in [1.165, 1.54) is 5.56 Å². The SMILES string of the molecule is Cc1ccc2ncc3c(c2c1)n(-c1ccc(C(C)(C)C)cc1)c(=O)n3C. The summed E-state index contributed by atoms with van der Waals surface area (Å²) in [6.45, 7) is 8.62. The second kappa shape index (κ2) is 5.56. The molecule has 0 unspecified atom stereocenters. The normalized spacial score (nSPS) is 12.2. The lowest BCUT2D eigenvalue weighted by molar-refractivity contribution is 0.590. The summed E-state index contributed by atoms with van der Waals surface area (Å²) >= 11 is 0. The van der Waals surface area contributed by atoms with Crippen LogP contribution in [0.25, 0.3) is 27.6 Å². The quantitative estimate of drug-likeness (QED) is 0.510. The molecule has 0 saturated carbocycles. The van der Waals surface area contributed by atoms with Gasteiger partial charge in [-0.1, -0.05) is 44.5 Å². The molecule has 2 aromatic heterocycles. The molecule has 4 nitrogen and oxygen atoms in total. The van der Waals surface area contributed by atoms with Gasteiger partial charge in [0.1, 0.15) is 0 Å². The van der Waals surface area contributed by atoms with Crippen molar-refractivity contribution in [2.24, 2.45) is 7.05 Å². The summed E-state index contributed by atoms with van der Waals surface area (Å²) in [5, 5.41) is 1.00. The van der Waals surface area contributed by atoms with Crippen LogP contribution in [0.15, 0.2) is 53.5 Å². The lowest BCUT2D eigenvalue weighted by Crippen LogP contribution is -2.21. The van der Waals surface area contributed by atoms with E-state index in [-0.39, 0.29) is 11.1 Å². The van der Waals surface area contributed by atoms with E-state index in [1.54, 1.807) is 22.4 Å². The zero-order valence-electron chi connectivity index (χ0n) is 15.9. The Morgan fingerprint density at radius 1 is 1.00 bits per heavy atom. The van der Waals surface area contributed by atoms with E-state index in [9.17, 15) is 4.79 Å². The molecule has 0 aliphatic heterocycles. The Morgan fingerprint density at radius 3 is 2.35 bits per heavy atom. The highest BCUT2D eigenvalue weighted by Gasteiger charge is 2.17. The average Bonchev–Trinajstić information content (AvgIpc) is 2.86. The third-order valence-corrected chi connectivity index (χ3v) is 5.03. The molecular formula is C22H23N3O. The molecule has 0 saturated heterocycles. The molecule has 0 bridgehead atoms. The van der Waals surface area contributed by atoms with Gasteiger partial charge >= 0.3 is 5.69 Å². The maximum atomic E-state index is 13.0. The van der Waals surface area contributed by atoms with Gasteiger partial charge in [-0.25, -0.2) is 4.79 Å². The minimum absolute atomic E-state index is 0.0562. The summed E-state index contributed by atoms with van der Waals surface area (Å²) in [4.78, 5) is 17.5. The minimum Gasteiger partial charge on any atom is -0.293 e. The van der Waals surface area contributed by atoms with E-state index in [4.69, 9.17) is 0 Å². The fourth-order valence-electron chi connectivity index (χ4n) is 3.46. The summed E-state index contributed by atoms with van der Waals surface area (Å²) in [6.07, 6.45) is 1.79. The van der Waals surface area contributed by atoms with Gasteiger partial charge in [-0.05, 0) is 42.2 Å². The molecular weight excluding hydrogens is 322 g/mol. The van der Waals surface area contributed by atoms with Crippen molar-refractivity contribution in [3.8, 4) is 5.69 Å². The van der Waals surface area contributed by atoms with E-state index in [2.05, 4.69) is 50.9 Å². The zero-order chi connectivity index (χ0) is 18.6. The van der Waals surface area contributed by atoms with Gasteiger partial charge in [0.25, 0.3) is 0 Å². The Balaban J connectivity index is 2.08. The first kappa shape index (κ1) is 16.6. The molecule has 0 N–H and O–H groups in total. The molecule has 4 aromatic rings. The molecule has 26 heavy (non-hydrogen) atoms. The van der Waals surface area contributed by atoms with Crippen LogP contribution in [-0.4, -0.2) is 14.1 Å². The maximum Gasteiger partial charge on any atom is 0.333 e. The molecule has 0 aliphatic carbocycles. The third kappa shape index (κ3) is 2.45. The Hall–Kier alpha value is -2.88. The first-order valence-electron chi connectivity index (χ1n) is 8.85. The molecule has 2 heterocycles. The van der Waals surface area contributed by atoms with Crippen molar-refractivity contribution in [2.45, 2.75) is 33.1 Å². The number of imidazole rings is 1. The van der Waals surface area contributed by atoms with E-state index >= 15 is 0 Å². The monoisotopic (exact) mass is 345 g/mol. The summed E-state index contributed by atoms with van der Waals surface area (Å²) in [5.74, 6) is 0. The zero-order valence-corrected chi connectivity index (χ0v) is 15.9. The van der Waals surface area contributed by atoms with Gasteiger partial charge in [0, 0.05) is 12.4 Å². The van der Waals surface area contributed by atoms with Gasteiger partial charge in [-0.2, -0.15) is 0 Å². The van der Waals surface area contributed by atoms with Crippen LogP contribution in [0.2, 0.25) is 0 Å². The van der Waals surface area contributed by atoms with Crippen molar-refractivity contribution in [3.63, 3.8) is 0 Å². The second-order valence-electron chi connectivity index (χ2n) is 7.99. The number of nitrogens with zero attached hydrogens (tertiary/aromatic N) is 3. The molecule has 132 valence electrons. The fourth-order valence-corrected chi connectivity index (χ4v) is 3.46. The van der Waals surface area contributed by atoms with Crippen LogP contribution in [0.5, 0.6) is 0 Å². The number of pyridine rings is 1. The van der Waals surface area contributed by atoms with Crippen molar-refractivity contribution in [1.82, 2.24) is 14.1 Å². The topological polar surface area (TPSA) is 39.8 Å². The second-order valence-corrected chi connectivity index (χ2v) is 7.99. The van der Waals surface area contributed by atoms with E-state index in [0.717, 1.165) is 33.2 Å². The van der Waals surface area contributed by atoms with Crippen molar-refractivity contribution in [1.29, 1.82) is 0 Å². The molecule has 0 fully saturated rings. The van der Waals surface area contributed by atoms with Gasteiger partial charge in [0.15, 0.2) is 0 Å². The fraction of sp³-hybridized carbons (Fsp3) is 0.273. The summed E-state index contributed by atoms with van der Waals surface area (Å²) in [5.41, 5.74) is 5.95. The van der Waals surface area contributed by atoms with Crippen LogP contribution < -0.4 is 5.69 Å². The Bertz CT molecular complexity index is 1190. The molecule has 4 heteroatoms. The lowest BCUT2D eigenvalue weighted by atomic mass is 9.87. The van der Waals surface area contributed by atoms with Gasteiger partial charge in [0.05, 0.1) is 28.4 Å².